The molecule has 21 heavy (non-hydrogen) atoms. The van der Waals surface area contributed by atoms with Crippen LogP contribution in [0.4, 0.5) is 4.39 Å². The van der Waals surface area contributed by atoms with Crippen molar-refractivity contribution in [2.45, 2.75) is 13.5 Å². The number of hydrogen-bond donors (Lipinski definition) is 2. The molecule has 1 aromatic carbocycles. The Kier molecular flexibility index (Phi) is 4.42. The van der Waals surface area contributed by atoms with E-state index in [0.29, 0.717) is 0 Å². The zero-order valence-electron chi connectivity index (χ0n) is 10.9. The molecule has 2 rings (SSSR count). The Bertz CT molecular complexity index is 711. The van der Waals surface area contributed by atoms with Crippen molar-refractivity contribution in [3.63, 3.8) is 0 Å². The van der Waals surface area contributed by atoms with Crippen LogP contribution in [0.1, 0.15) is 32.2 Å². The molecule has 0 radical (unpaired) electrons. The highest BCUT2D eigenvalue weighted by Crippen LogP contribution is 2.19. The number of aryl methyl sites for hydroxylation is 1. The SMILES string of the molecule is Cc1oc(CNC(=O)c2cccc(Br)c2F)cc1C(=O)O. The van der Waals surface area contributed by atoms with E-state index in [1.54, 1.807) is 6.07 Å². The monoisotopic (exact) mass is 355 g/mol. The third-order valence-corrected chi connectivity index (χ3v) is 3.43. The first-order chi connectivity index (χ1) is 9.90. The lowest BCUT2D eigenvalue weighted by molar-refractivity contribution is 0.0694. The molecular formula is C14H11BrFNO4. The lowest BCUT2D eigenvalue weighted by Gasteiger charge is -2.05. The lowest BCUT2D eigenvalue weighted by Crippen LogP contribution is -2.23. The summed E-state index contributed by atoms with van der Waals surface area (Å²) in [6, 6.07) is 5.71. The standard InChI is InChI=1S/C14H11BrFNO4/c1-7-10(14(19)20)5-8(21-7)6-17-13(18)9-3-2-4-11(15)12(9)16/h2-5H,6H2,1H3,(H,17,18)(H,19,20). The van der Waals surface area contributed by atoms with Gasteiger partial charge in [0.2, 0.25) is 0 Å². The minimum atomic E-state index is -1.10. The van der Waals surface area contributed by atoms with Crippen LogP contribution in [-0.4, -0.2) is 17.0 Å². The molecule has 0 aliphatic carbocycles. The smallest absolute Gasteiger partial charge is 0.339 e. The van der Waals surface area contributed by atoms with Gasteiger partial charge in [0.15, 0.2) is 0 Å². The van der Waals surface area contributed by atoms with Crippen LogP contribution in [0.2, 0.25) is 0 Å². The second-order valence-electron chi connectivity index (χ2n) is 4.27. The van der Waals surface area contributed by atoms with E-state index in [-0.39, 0.29) is 33.7 Å². The van der Waals surface area contributed by atoms with Crippen molar-refractivity contribution in [2.75, 3.05) is 0 Å². The number of halogens is 2. The summed E-state index contributed by atoms with van der Waals surface area (Å²) in [5.41, 5.74) is -0.0704. The molecule has 0 aliphatic rings. The van der Waals surface area contributed by atoms with Crippen LogP contribution in [0.3, 0.4) is 0 Å². The fourth-order valence-electron chi connectivity index (χ4n) is 1.78. The van der Waals surface area contributed by atoms with Crippen LogP contribution in [0.25, 0.3) is 0 Å². The Balaban J connectivity index is 2.09. The van der Waals surface area contributed by atoms with Gasteiger partial charge in [-0.15, -0.1) is 0 Å². The zero-order chi connectivity index (χ0) is 15.6. The minimum Gasteiger partial charge on any atom is -0.478 e. The molecule has 0 saturated heterocycles. The van der Waals surface area contributed by atoms with Gasteiger partial charge in [-0.25, -0.2) is 9.18 Å². The molecule has 0 atom stereocenters. The number of carboxylic acids is 1. The summed E-state index contributed by atoms with van der Waals surface area (Å²) in [5, 5.41) is 11.4. The summed E-state index contributed by atoms with van der Waals surface area (Å²) in [5.74, 6) is -1.84. The average Bonchev–Trinajstić information content (AvgIpc) is 2.80. The maximum absolute atomic E-state index is 13.7. The molecule has 7 heteroatoms. The van der Waals surface area contributed by atoms with Gasteiger partial charge in [0.25, 0.3) is 5.91 Å². The van der Waals surface area contributed by atoms with Gasteiger partial charge in [-0.05, 0) is 41.1 Å². The lowest BCUT2D eigenvalue weighted by atomic mass is 10.2. The number of benzene rings is 1. The highest BCUT2D eigenvalue weighted by Gasteiger charge is 2.16. The molecule has 2 N–H and O–H groups in total. The predicted octanol–water partition coefficient (Wildman–Crippen LogP) is 3.12. The largest absolute Gasteiger partial charge is 0.478 e. The van der Waals surface area contributed by atoms with Gasteiger partial charge < -0.3 is 14.8 Å². The van der Waals surface area contributed by atoms with Crippen LogP contribution in [0.15, 0.2) is 33.2 Å². The molecule has 110 valence electrons. The van der Waals surface area contributed by atoms with Crippen LogP contribution in [0.5, 0.6) is 0 Å². The van der Waals surface area contributed by atoms with E-state index >= 15 is 0 Å². The van der Waals surface area contributed by atoms with Crippen LogP contribution in [0, 0.1) is 12.7 Å². The molecule has 2 aromatic rings. The fourth-order valence-corrected chi connectivity index (χ4v) is 2.15. The van der Waals surface area contributed by atoms with Crippen LogP contribution < -0.4 is 5.32 Å². The number of rotatable bonds is 4. The van der Waals surface area contributed by atoms with Gasteiger partial charge in [-0.3, -0.25) is 4.79 Å². The van der Waals surface area contributed by atoms with Crippen molar-refractivity contribution in [3.05, 3.63) is 57.2 Å². The number of amides is 1. The third kappa shape index (κ3) is 3.30. The van der Waals surface area contributed by atoms with Crippen molar-refractivity contribution >= 4 is 27.8 Å². The Labute approximate surface area is 127 Å². The topological polar surface area (TPSA) is 79.5 Å². The highest BCUT2D eigenvalue weighted by atomic mass is 79.9. The van der Waals surface area contributed by atoms with Gasteiger partial charge in [0, 0.05) is 0 Å². The fraction of sp³-hybridized carbons (Fsp3) is 0.143. The van der Waals surface area contributed by atoms with E-state index < -0.39 is 17.7 Å². The first-order valence-electron chi connectivity index (χ1n) is 5.95. The molecule has 0 saturated carbocycles. The number of carboxylic acid groups (broad SMARTS) is 1. The first-order valence-corrected chi connectivity index (χ1v) is 6.74. The van der Waals surface area contributed by atoms with Crippen molar-refractivity contribution in [3.8, 4) is 0 Å². The Hall–Kier alpha value is -2.15. The molecule has 1 aromatic heterocycles. The Morgan fingerprint density at radius 2 is 2.10 bits per heavy atom. The van der Waals surface area contributed by atoms with E-state index in [2.05, 4.69) is 21.2 Å². The first kappa shape index (κ1) is 15.2. The van der Waals surface area contributed by atoms with Crippen molar-refractivity contribution in [2.24, 2.45) is 0 Å². The van der Waals surface area contributed by atoms with Gasteiger partial charge in [-0.1, -0.05) is 6.07 Å². The predicted molar refractivity (Wildman–Crippen MR) is 75.7 cm³/mol. The van der Waals surface area contributed by atoms with Gasteiger partial charge in [0.1, 0.15) is 22.9 Å². The molecule has 1 heterocycles. The second kappa shape index (κ2) is 6.09. The van der Waals surface area contributed by atoms with Gasteiger partial charge in [0.05, 0.1) is 16.6 Å². The van der Waals surface area contributed by atoms with E-state index in [0.717, 1.165) is 0 Å². The summed E-state index contributed by atoms with van der Waals surface area (Å²) >= 11 is 3.00. The molecule has 0 unspecified atom stereocenters. The zero-order valence-corrected chi connectivity index (χ0v) is 12.5. The number of carbonyl (C=O) groups is 2. The van der Waals surface area contributed by atoms with Crippen molar-refractivity contribution in [1.82, 2.24) is 5.32 Å². The number of carbonyl (C=O) groups excluding carboxylic acids is 1. The molecule has 0 aliphatic heterocycles. The summed E-state index contributed by atoms with van der Waals surface area (Å²) in [6.45, 7) is 1.49. The van der Waals surface area contributed by atoms with Crippen molar-refractivity contribution in [1.29, 1.82) is 0 Å². The average molecular weight is 356 g/mol. The van der Waals surface area contributed by atoms with E-state index in [9.17, 15) is 14.0 Å². The molecule has 5 nitrogen and oxygen atoms in total. The summed E-state index contributed by atoms with van der Waals surface area (Å²) in [7, 11) is 0. The number of nitrogens with one attached hydrogen (secondary N) is 1. The Morgan fingerprint density at radius 3 is 2.71 bits per heavy atom. The minimum absolute atomic E-state index is 0.0289. The van der Waals surface area contributed by atoms with Crippen LogP contribution in [-0.2, 0) is 6.54 Å². The summed E-state index contributed by atoms with van der Waals surface area (Å²) < 4.78 is 19.2. The van der Waals surface area contributed by atoms with E-state index in [1.165, 1.54) is 25.1 Å². The maximum Gasteiger partial charge on any atom is 0.339 e. The second-order valence-corrected chi connectivity index (χ2v) is 5.13. The van der Waals surface area contributed by atoms with Crippen molar-refractivity contribution < 1.29 is 23.5 Å². The molecule has 0 spiro atoms. The summed E-state index contributed by atoms with van der Waals surface area (Å²) in [6.07, 6.45) is 0. The quantitative estimate of drug-likeness (QED) is 0.882. The van der Waals surface area contributed by atoms with E-state index in [4.69, 9.17) is 9.52 Å². The van der Waals surface area contributed by atoms with E-state index in [1.807, 2.05) is 0 Å². The molecule has 0 bridgehead atoms. The maximum atomic E-state index is 13.7. The number of hydrogen-bond acceptors (Lipinski definition) is 3. The molecule has 1 amide bonds. The third-order valence-electron chi connectivity index (χ3n) is 2.82. The number of furan rings is 1. The molecular weight excluding hydrogens is 345 g/mol. The van der Waals surface area contributed by atoms with Gasteiger partial charge >= 0.3 is 5.97 Å². The highest BCUT2D eigenvalue weighted by molar-refractivity contribution is 9.10. The number of aromatic carboxylic acids is 1. The Morgan fingerprint density at radius 1 is 1.38 bits per heavy atom. The molecule has 0 fully saturated rings. The summed E-state index contributed by atoms with van der Waals surface area (Å²) in [4.78, 5) is 22.8. The van der Waals surface area contributed by atoms with Gasteiger partial charge in [-0.2, -0.15) is 0 Å². The normalized spacial score (nSPS) is 10.4. The van der Waals surface area contributed by atoms with Crippen LogP contribution >= 0.6 is 15.9 Å².